The molecule has 1 heterocycles. The van der Waals surface area contributed by atoms with Crippen LogP contribution >= 0.6 is 0 Å². The van der Waals surface area contributed by atoms with E-state index in [1.807, 2.05) is 6.07 Å². The zero-order valence-electron chi connectivity index (χ0n) is 24.6. The lowest BCUT2D eigenvalue weighted by atomic mass is 9.81. The molecular formula is C43H28O. The van der Waals surface area contributed by atoms with E-state index in [9.17, 15) is 0 Å². The predicted octanol–water partition coefficient (Wildman–Crippen LogP) is 12.2. The Kier molecular flexibility index (Phi) is 4.58. The van der Waals surface area contributed by atoms with Gasteiger partial charge < -0.3 is 4.42 Å². The lowest BCUT2D eigenvalue weighted by Gasteiger charge is -2.21. The van der Waals surface area contributed by atoms with Crippen LogP contribution in [0.5, 0.6) is 0 Å². The van der Waals surface area contributed by atoms with Gasteiger partial charge in [0.25, 0.3) is 0 Å². The Hall–Kier alpha value is -5.40. The Balaban J connectivity index is 1.40. The fraction of sp³-hybridized carbons (Fsp3) is 0.0698. The minimum atomic E-state index is -0.0278. The molecule has 1 aromatic heterocycles. The third kappa shape index (κ3) is 2.94. The van der Waals surface area contributed by atoms with Crippen LogP contribution in [-0.4, -0.2) is 0 Å². The van der Waals surface area contributed by atoms with Crippen LogP contribution in [0, 0.1) is 0 Å². The van der Waals surface area contributed by atoms with Crippen molar-refractivity contribution in [1.29, 1.82) is 0 Å². The summed E-state index contributed by atoms with van der Waals surface area (Å²) in [4.78, 5) is 0. The summed E-state index contributed by atoms with van der Waals surface area (Å²) >= 11 is 0. The lowest BCUT2D eigenvalue weighted by molar-refractivity contribution is 0.663. The first-order valence-electron chi connectivity index (χ1n) is 15.4. The number of hydrogen-bond donors (Lipinski definition) is 0. The van der Waals surface area contributed by atoms with Gasteiger partial charge in [-0.15, -0.1) is 0 Å². The average Bonchev–Trinajstić information content (AvgIpc) is 3.56. The van der Waals surface area contributed by atoms with Gasteiger partial charge in [-0.2, -0.15) is 0 Å². The smallest absolute Gasteiger partial charge is 0.136 e. The summed E-state index contributed by atoms with van der Waals surface area (Å²) in [6.45, 7) is 4.74. The minimum absolute atomic E-state index is 0.0278. The number of para-hydroxylation sites is 1. The molecule has 8 aromatic carbocycles. The fourth-order valence-corrected chi connectivity index (χ4v) is 8.33. The summed E-state index contributed by atoms with van der Waals surface area (Å²) in [5.74, 6) is 0. The highest BCUT2D eigenvalue weighted by molar-refractivity contribution is 6.29. The van der Waals surface area contributed by atoms with Crippen molar-refractivity contribution in [3.8, 4) is 22.3 Å². The molecule has 1 aliphatic carbocycles. The number of hydrogen-bond acceptors (Lipinski definition) is 1. The molecule has 206 valence electrons. The summed E-state index contributed by atoms with van der Waals surface area (Å²) < 4.78 is 6.35. The second kappa shape index (κ2) is 8.36. The van der Waals surface area contributed by atoms with Crippen molar-refractivity contribution in [2.45, 2.75) is 19.3 Å². The third-order valence-corrected chi connectivity index (χ3v) is 10.2. The maximum absolute atomic E-state index is 6.35. The summed E-state index contributed by atoms with van der Waals surface area (Å²) in [5.41, 5.74) is 9.74. The Labute approximate surface area is 255 Å². The second-order valence-corrected chi connectivity index (χ2v) is 12.8. The number of fused-ring (bicyclic) bond motifs is 5. The Morgan fingerprint density at radius 2 is 0.932 bits per heavy atom. The fourth-order valence-electron chi connectivity index (χ4n) is 8.33. The normalized spacial score (nSPS) is 13.9. The monoisotopic (exact) mass is 560 g/mol. The molecule has 0 spiro atoms. The molecule has 9 aromatic rings. The average molecular weight is 561 g/mol. The molecule has 10 rings (SSSR count). The van der Waals surface area contributed by atoms with Crippen molar-refractivity contribution >= 4 is 65.0 Å². The van der Waals surface area contributed by atoms with Crippen molar-refractivity contribution in [2.75, 3.05) is 0 Å². The maximum Gasteiger partial charge on any atom is 0.136 e. The van der Waals surface area contributed by atoms with E-state index in [0.29, 0.717) is 0 Å². The topological polar surface area (TPSA) is 13.1 Å². The van der Waals surface area contributed by atoms with Crippen molar-refractivity contribution < 1.29 is 4.42 Å². The van der Waals surface area contributed by atoms with E-state index in [2.05, 4.69) is 141 Å². The van der Waals surface area contributed by atoms with Gasteiger partial charge in [-0.05, 0) is 94.7 Å². The van der Waals surface area contributed by atoms with Crippen LogP contribution in [0.1, 0.15) is 25.0 Å². The number of benzene rings is 8. The van der Waals surface area contributed by atoms with E-state index in [1.165, 1.54) is 81.9 Å². The largest absolute Gasteiger partial charge is 0.456 e. The summed E-state index contributed by atoms with van der Waals surface area (Å²) in [6, 6.07) is 49.1. The highest BCUT2D eigenvalue weighted by Gasteiger charge is 2.34. The standard InChI is InChI=1S/C43H28O/c1-43(2)34-20-9-12-25-24-33(30-18-10-21-35(43)42(30)38(25)34)40-28-15-5-3-13-26(28)39(27-14-4-6-16-29(27)40)32-19-11-23-37-41(32)31-17-7-8-22-36(31)44-37/h3-24H,1-2H3. The highest BCUT2D eigenvalue weighted by atomic mass is 16.3. The first-order valence-corrected chi connectivity index (χ1v) is 15.4. The highest BCUT2D eigenvalue weighted by Crippen LogP contribution is 2.53. The predicted molar refractivity (Wildman–Crippen MR) is 187 cm³/mol. The molecule has 0 unspecified atom stereocenters. The molecule has 0 aliphatic heterocycles. The van der Waals surface area contributed by atoms with Crippen LogP contribution in [0.2, 0.25) is 0 Å². The molecule has 1 aliphatic rings. The molecule has 1 heteroatoms. The molecular weight excluding hydrogens is 532 g/mol. The summed E-state index contributed by atoms with van der Waals surface area (Å²) in [6.07, 6.45) is 0. The van der Waals surface area contributed by atoms with Gasteiger partial charge in [0, 0.05) is 16.2 Å². The lowest BCUT2D eigenvalue weighted by Crippen LogP contribution is -2.14. The van der Waals surface area contributed by atoms with Gasteiger partial charge >= 0.3 is 0 Å². The molecule has 0 amide bonds. The molecule has 0 fully saturated rings. The molecule has 0 saturated heterocycles. The van der Waals surface area contributed by atoms with Gasteiger partial charge in [-0.3, -0.25) is 0 Å². The molecule has 0 bridgehead atoms. The van der Waals surface area contributed by atoms with E-state index >= 15 is 0 Å². The van der Waals surface area contributed by atoms with E-state index in [-0.39, 0.29) is 5.41 Å². The zero-order chi connectivity index (χ0) is 29.2. The van der Waals surface area contributed by atoms with Gasteiger partial charge in [-0.1, -0.05) is 129 Å². The van der Waals surface area contributed by atoms with E-state index < -0.39 is 0 Å². The van der Waals surface area contributed by atoms with E-state index in [0.717, 1.165) is 16.6 Å². The van der Waals surface area contributed by atoms with E-state index in [1.54, 1.807) is 0 Å². The van der Waals surface area contributed by atoms with Crippen molar-refractivity contribution in [1.82, 2.24) is 0 Å². The SMILES string of the molecule is CC1(C)c2cccc3cc(-c4c5ccccc5c(-c5cccc6oc7ccccc7c56)c5ccccc45)c4cccc1c4c23. The molecule has 0 N–H and O–H groups in total. The second-order valence-electron chi connectivity index (χ2n) is 12.8. The van der Waals surface area contributed by atoms with E-state index in [4.69, 9.17) is 4.42 Å². The van der Waals surface area contributed by atoms with Crippen molar-refractivity contribution in [2.24, 2.45) is 0 Å². The first kappa shape index (κ1) is 24.1. The Bertz CT molecular complexity index is 2630. The van der Waals surface area contributed by atoms with Crippen LogP contribution in [0.25, 0.3) is 87.3 Å². The first-order chi connectivity index (χ1) is 21.6. The van der Waals surface area contributed by atoms with Gasteiger partial charge in [0.15, 0.2) is 0 Å². The van der Waals surface area contributed by atoms with Crippen molar-refractivity contribution in [3.05, 3.63) is 145 Å². The molecule has 0 radical (unpaired) electrons. The van der Waals surface area contributed by atoms with Crippen LogP contribution in [0.15, 0.2) is 138 Å². The number of furan rings is 1. The Morgan fingerprint density at radius 3 is 1.64 bits per heavy atom. The van der Waals surface area contributed by atoms with Crippen molar-refractivity contribution in [3.63, 3.8) is 0 Å². The third-order valence-electron chi connectivity index (χ3n) is 10.2. The Morgan fingerprint density at radius 1 is 0.409 bits per heavy atom. The van der Waals surface area contributed by atoms with Gasteiger partial charge in [-0.25, -0.2) is 0 Å². The van der Waals surface area contributed by atoms with Gasteiger partial charge in [0.1, 0.15) is 11.2 Å². The molecule has 1 nitrogen and oxygen atoms in total. The number of rotatable bonds is 2. The van der Waals surface area contributed by atoms with Gasteiger partial charge in [0.2, 0.25) is 0 Å². The van der Waals surface area contributed by atoms with Gasteiger partial charge in [0.05, 0.1) is 0 Å². The molecule has 0 saturated carbocycles. The minimum Gasteiger partial charge on any atom is -0.456 e. The van der Waals surface area contributed by atoms with Crippen LogP contribution in [-0.2, 0) is 5.41 Å². The molecule has 44 heavy (non-hydrogen) atoms. The summed E-state index contributed by atoms with van der Waals surface area (Å²) in [5, 5.41) is 12.8. The van der Waals surface area contributed by atoms with Crippen LogP contribution in [0.4, 0.5) is 0 Å². The summed E-state index contributed by atoms with van der Waals surface area (Å²) in [7, 11) is 0. The quantitative estimate of drug-likeness (QED) is 0.151. The zero-order valence-corrected chi connectivity index (χ0v) is 24.6. The van der Waals surface area contributed by atoms with Crippen LogP contribution < -0.4 is 0 Å². The maximum atomic E-state index is 6.35. The molecule has 0 atom stereocenters. The van der Waals surface area contributed by atoms with Crippen LogP contribution in [0.3, 0.4) is 0 Å².